The zero-order valence-electron chi connectivity index (χ0n) is 13.4. The molecule has 0 heterocycles. The van der Waals surface area contributed by atoms with Crippen molar-refractivity contribution in [1.29, 1.82) is 0 Å². The highest BCUT2D eigenvalue weighted by atomic mass is 19.4. The largest absolute Gasteiger partial charge is 0.527 e. The Morgan fingerprint density at radius 3 is 1.38 bits per heavy atom. The first-order valence-corrected chi connectivity index (χ1v) is 6.34. The number of alkyl halides is 13. The number of rotatable bonds is 10. The highest BCUT2D eigenvalue weighted by molar-refractivity contribution is 5.86. The molecule has 0 aromatic rings. The van der Waals surface area contributed by atoms with E-state index in [0.29, 0.717) is 0 Å². The quantitative estimate of drug-likeness (QED) is 0.267. The molecular weight excluding hydrogens is 459 g/mol. The molecule has 0 amide bonds. The maximum atomic E-state index is 13.1. The van der Waals surface area contributed by atoms with E-state index in [0.717, 1.165) is 6.92 Å². The van der Waals surface area contributed by atoms with Gasteiger partial charge in [0.1, 0.15) is 0 Å². The molecule has 0 saturated carbocycles. The molecule has 0 atom stereocenters. The minimum atomic E-state index is -7.12. The van der Waals surface area contributed by atoms with Gasteiger partial charge in [-0.15, -0.1) is 13.2 Å². The minimum Gasteiger partial charge on any atom is -0.453 e. The van der Waals surface area contributed by atoms with Gasteiger partial charge < -0.3 is 4.74 Å². The summed E-state index contributed by atoms with van der Waals surface area (Å²) < 4.78 is 173. The Hall–Kier alpha value is -1.82. The summed E-state index contributed by atoms with van der Waals surface area (Å²) in [4.78, 5) is 10.8. The zero-order chi connectivity index (χ0) is 23.7. The molecule has 0 rings (SSSR count). The van der Waals surface area contributed by atoms with Gasteiger partial charge in [0, 0.05) is 5.57 Å². The molecule has 18 heteroatoms. The summed E-state index contributed by atoms with van der Waals surface area (Å²) >= 11 is 0. The first-order valence-electron chi connectivity index (χ1n) is 6.34. The fourth-order valence-corrected chi connectivity index (χ4v) is 1.03. The lowest BCUT2D eigenvalue weighted by atomic mass is 10.4. The molecule has 0 N–H and O–H groups in total. The van der Waals surface area contributed by atoms with Crippen LogP contribution in [0.3, 0.4) is 0 Å². The van der Waals surface area contributed by atoms with E-state index in [9.17, 15) is 61.9 Å². The standard InChI is InChI=1S/C11H7F13O5/c1-4(2)5(25)26-3-6(12,13)27-7(14,15)8(16,17)28-9(18,19)10(20,21)29-11(22,23)24/h1,3H2,2H3. The van der Waals surface area contributed by atoms with E-state index < -0.39 is 55.1 Å². The topological polar surface area (TPSA) is 54.0 Å². The van der Waals surface area contributed by atoms with Gasteiger partial charge in [-0.3, -0.25) is 0 Å². The van der Waals surface area contributed by atoms with Crippen LogP contribution in [0.25, 0.3) is 0 Å². The van der Waals surface area contributed by atoms with E-state index >= 15 is 0 Å². The van der Waals surface area contributed by atoms with E-state index in [1.807, 2.05) is 0 Å². The lowest BCUT2D eigenvalue weighted by Gasteiger charge is -2.33. The molecule has 0 unspecified atom stereocenters. The third kappa shape index (κ3) is 7.84. The first-order chi connectivity index (χ1) is 12.4. The van der Waals surface area contributed by atoms with Gasteiger partial charge in [-0.1, -0.05) is 6.58 Å². The average molecular weight is 466 g/mol. The van der Waals surface area contributed by atoms with Crippen molar-refractivity contribution in [3.05, 3.63) is 12.2 Å². The van der Waals surface area contributed by atoms with E-state index in [1.165, 1.54) is 4.74 Å². The van der Waals surface area contributed by atoms with Crippen LogP contribution < -0.4 is 0 Å². The Bertz CT molecular complexity index is 613. The summed E-state index contributed by atoms with van der Waals surface area (Å²) in [7, 11) is 0. The van der Waals surface area contributed by atoms with Crippen LogP contribution in [0.15, 0.2) is 12.2 Å². The van der Waals surface area contributed by atoms with Gasteiger partial charge in [-0.2, -0.15) is 43.9 Å². The van der Waals surface area contributed by atoms with Crippen molar-refractivity contribution >= 4 is 5.97 Å². The number of ether oxygens (including phenoxy) is 4. The maximum Gasteiger partial charge on any atom is 0.527 e. The molecule has 0 aliphatic rings. The highest BCUT2D eigenvalue weighted by Crippen LogP contribution is 2.48. The van der Waals surface area contributed by atoms with E-state index in [-0.39, 0.29) is 0 Å². The second-order valence-electron chi connectivity index (χ2n) is 4.81. The molecule has 0 aliphatic carbocycles. The number of carbonyl (C=O) groups is 1. The van der Waals surface area contributed by atoms with Gasteiger partial charge in [0.15, 0.2) is 6.61 Å². The van der Waals surface area contributed by atoms with Crippen molar-refractivity contribution in [3.63, 3.8) is 0 Å². The summed E-state index contributed by atoms with van der Waals surface area (Å²) in [5, 5.41) is 0. The van der Waals surface area contributed by atoms with Crippen LogP contribution in [0.4, 0.5) is 57.1 Å². The normalized spacial score (nSPS) is 14.7. The molecule has 172 valence electrons. The average Bonchev–Trinajstić information content (AvgIpc) is 2.39. The first kappa shape index (κ1) is 27.2. The lowest BCUT2D eigenvalue weighted by Crippen LogP contribution is -2.57. The van der Waals surface area contributed by atoms with Crippen LogP contribution in [-0.2, 0) is 23.7 Å². The molecular formula is C11H7F13O5. The Morgan fingerprint density at radius 1 is 0.690 bits per heavy atom. The fourth-order valence-electron chi connectivity index (χ4n) is 1.03. The molecule has 0 aromatic heterocycles. The molecule has 29 heavy (non-hydrogen) atoms. The summed E-state index contributed by atoms with van der Waals surface area (Å²) in [5.41, 5.74) is -0.576. The molecule has 0 bridgehead atoms. The van der Waals surface area contributed by atoms with Gasteiger partial charge in [0.25, 0.3) is 0 Å². The van der Waals surface area contributed by atoms with Crippen LogP contribution in [0.5, 0.6) is 0 Å². The van der Waals surface area contributed by atoms with Crippen LogP contribution in [-0.4, -0.2) is 49.5 Å². The minimum absolute atomic E-state index is 0.576. The van der Waals surface area contributed by atoms with E-state index in [1.54, 1.807) is 4.74 Å². The number of halogens is 13. The van der Waals surface area contributed by atoms with Crippen molar-refractivity contribution < 1.29 is 80.8 Å². The van der Waals surface area contributed by atoms with Crippen LogP contribution in [0, 0.1) is 0 Å². The zero-order valence-corrected chi connectivity index (χ0v) is 13.4. The third-order valence-corrected chi connectivity index (χ3v) is 2.18. The molecule has 0 spiro atoms. The van der Waals surface area contributed by atoms with Gasteiger partial charge in [0.05, 0.1) is 0 Å². The SMILES string of the molecule is C=C(C)C(=O)OCC(F)(F)OC(F)(F)C(F)(F)OC(F)(F)C(F)(F)OC(F)(F)F. The maximum absolute atomic E-state index is 13.1. The Labute approximate surface area is 150 Å². The van der Waals surface area contributed by atoms with Crippen molar-refractivity contribution in [2.75, 3.05) is 6.61 Å². The third-order valence-electron chi connectivity index (χ3n) is 2.18. The van der Waals surface area contributed by atoms with Crippen LogP contribution >= 0.6 is 0 Å². The van der Waals surface area contributed by atoms with Crippen LogP contribution in [0.2, 0.25) is 0 Å². The monoisotopic (exact) mass is 466 g/mol. The lowest BCUT2D eigenvalue weighted by molar-refractivity contribution is -0.564. The Kier molecular flexibility index (Phi) is 7.62. The van der Waals surface area contributed by atoms with Crippen molar-refractivity contribution in [2.45, 2.75) is 43.8 Å². The summed E-state index contributed by atoms with van der Waals surface area (Å²) in [6.07, 6.45) is -40.2. The molecule has 0 aromatic carbocycles. The predicted molar refractivity (Wildman–Crippen MR) is 59.8 cm³/mol. The summed E-state index contributed by atoms with van der Waals surface area (Å²) in [6.45, 7) is 1.24. The van der Waals surface area contributed by atoms with Gasteiger partial charge in [-0.25, -0.2) is 19.0 Å². The van der Waals surface area contributed by atoms with Crippen molar-refractivity contribution in [1.82, 2.24) is 0 Å². The fraction of sp³-hybridized carbons (Fsp3) is 0.727. The summed E-state index contributed by atoms with van der Waals surface area (Å²) in [5.74, 6) is -1.66. The summed E-state index contributed by atoms with van der Waals surface area (Å²) in [6, 6.07) is 0. The second kappa shape index (κ2) is 8.13. The number of hydrogen-bond acceptors (Lipinski definition) is 5. The van der Waals surface area contributed by atoms with E-state index in [2.05, 4.69) is 16.1 Å². The van der Waals surface area contributed by atoms with Crippen molar-refractivity contribution in [3.8, 4) is 0 Å². The van der Waals surface area contributed by atoms with Gasteiger partial charge in [0.2, 0.25) is 0 Å². The second-order valence-corrected chi connectivity index (χ2v) is 4.81. The predicted octanol–water partition coefficient (Wildman–Crippen LogP) is 4.64. The van der Waals surface area contributed by atoms with Gasteiger partial charge in [-0.05, 0) is 6.92 Å². The van der Waals surface area contributed by atoms with E-state index in [4.69, 9.17) is 0 Å². The number of esters is 1. The van der Waals surface area contributed by atoms with Crippen LogP contribution in [0.1, 0.15) is 6.92 Å². The molecule has 0 aliphatic heterocycles. The Morgan fingerprint density at radius 2 is 1.03 bits per heavy atom. The molecule has 0 radical (unpaired) electrons. The number of hydrogen-bond donors (Lipinski definition) is 0. The smallest absolute Gasteiger partial charge is 0.453 e. The molecule has 0 saturated heterocycles. The molecule has 0 fully saturated rings. The highest BCUT2D eigenvalue weighted by Gasteiger charge is 2.74. The van der Waals surface area contributed by atoms with Gasteiger partial charge >= 0.3 is 42.9 Å². The molecule has 5 nitrogen and oxygen atoms in total. The Balaban J connectivity index is 5.43. The van der Waals surface area contributed by atoms with Crippen molar-refractivity contribution in [2.24, 2.45) is 0 Å². The number of carbonyl (C=O) groups excluding carboxylic acids is 1.